The highest BCUT2D eigenvalue weighted by Gasteiger charge is 2.25. The molecule has 0 heterocycles. The van der Waals surface area contributed by atoms with E-state index in [1.165, 1.54) is 26.0 Å². The van der Waals surface area contributed by atoms with E-state index in [4.69, 9.17) is 4.74 Å². The molecule has 5 nitrogen and oxygen atoms in total. The van der Waals surface area contributed by atoms with Gasteiger partial charge in [-0.15, -0.1) is 0 Å². The Morgan fingerprint density at radius 2 is 1.62 bits per heavy atom. The monoisotopic (exact) mass is 374 g/mol. The van der Waals surface area contributed by atoms with Crippen LogP contribution in [-0.2, 0) is 21.0 Å². The van der Waals surface area contributed by atoms with Crippen LogP contribution in [0.25, 0.3) is 0 Å². The van der Waals surface area contributed by atoms with Gasteiger partial charge in [0.2, 0.25) is 5.78 Å². The molecule has 0 unspecified atom stereocenters. The number of carbonyl (C=O) groups excluding carboxylic acids is 2. The van der Waals surface area contributed by atoms with Gasteiger partial charge in [0.1, 0.15) is 0 Å². The van der Waals surface area contributed by atoms with E-state index in [9.17, 15) is 18.0 Å². The van der Waals surface area contributed by atoms with Gasteiger partial charge < -0.3 is 4.74 Å². The molecule has 0 radical (unpaired) electrons. The second-order valence-corrected chi connectivity index (χ2v) is 8.11. The van der Waals surface area contributed by atoms with Crippen LogP contribution in [0.4, 0.5) is 0 Å². The first-order chi connectivity index (χ1) is 12.3. The minimum absolute atomic E-state index is 0.0599. The molecule has 0 bridgehead atoms. The zero-order valence-corrected chi connectivity index (χ0v) is 15.9. The van der Waals surface area contributed by atoms with E-state index in [1.807, 2.05) is 19.1 Å². The molecule has 0 aliphatic carbocycles. The van der Waals surface area contributed by atoms with E-state index in [0.717, 1.165) is 12.0 Å². The molecule has 0 saturated heterocycles. The summed E-state index contributed by atoms with van der Waals surface area (Å²) in [4.78, 5) is 24.8. The zero-order chi connectivity index (χ0) is 19.3. The highest BCUT2D eigenvalue weighted by molar-refractivity contribution is 7.91. The molecule has 0 saturated carbocycles. The lowest BCUT2D eigenvalue weighted by atomic mass is 10.0. The Balaban J connectivity index is 2.20. The third kappa shape index (κ3) is 4.38. The number of carbonyl (C=O) groups is 2. The molecule has 6 heteroatoms. The maximum atomic E-state index is 12.5. The number of Topliss-reactive ketones (excluding diaryl/α,β-unsaturated/α-hetero) is 1. The molecular formula is C20H22O5S. The second kappa shape index (κ2) is 8.27. The number of esters is 1. The van der Waals surface area contributed by atoms with E-state index >= 15 is 0 Å². The lowest BCUT2D eigenvalue weighted by Crippen LogP contribution is -2.25. The van der Waals surface area contributed by atoms with Gasteiger partial charge in [0.25, 0.3) is 0 Å². The van der Waals surface area contributed by atoms with E-state index in [2.05, 4.69) is 0 Å². The van der Waals surface area contributed by atoms with E-state index in [1.54, 1.807) is 24.3 Å². The molecule has 2 aromatic carbocycles. The summed E-state index contributed by atoms with van der Waals surface area (Å²) in [7, 11) is -3.58. The highest BCUT2D eigenvalue weighted by atomic mass is 32.2. The van der Waals surface area contributed by atoms with Gasteiger partial charge in [-0.2, -0.15) is 0 Å². The molecule has 138 valence electrons. The predicted octanol–water partition coefficient (Wildman–Crippen LogP) is 3.47. The number of ether oxygens (including phenoxy) is 1. The Hall–Kier alpha value is -2.47. The summed E-state index contributed by atoms with van der Waals surface area (Å²) in [5.74, 6) is -1.30. The standard InChI is InChI=1S/C20H22O5S/c1-4-15-10-12-16(13-11-15)19(21)14(3)25-20(22)17-8-6-7-9-18(17)26(23,24)5-2/h6-14H,4-5H2,1-3H3/t14-/m1/s1. The van der Waals surface area contributed by atoms with Gasteiger partial charge in [-0.05, 0) is 31.0 Å². The third-order valence-electron chi connectivity index (χ3n) is 4.12. The Morgan fingerprint density at radius 1 is 1.00 bits per heavy atom. The van der Waals surface area contributed by atoms with Gasteiger partial charge in [0, 0.05) is 5.56 Å². The molecule has 0 aliphatic heterocycles. The molecule has 0 amide bonds. The van der Waals surface area contributed by atoms with E-state index in [-0.39, 0.29) is 22.0 Å². The number of benzene rings is 2. The Labute approximate surface area is 153 Å². The number of aryl methyl sites for hydroxylation is 1. The van der Waals surface area contributed by atoms with Crippen molar-refractivity contribution in [3.63, 3.8) is 0 Å². The van der Waals surface area contributed by atoms with Gasteiger partial charge in [0.05, 0.1) is 16.2 Å². The smallest absolute Gasteiger partial charge is 0.340 e. The van der Waals surface area contributed by atoms with Crippen molar-refractivity contribution < 1.29 is 22.7 Å². The quantitative estimate of drug-likeness (QED) is 0.548. The molecule has 2 rings (SSSR count). The third-order valence-corrected chi connectivity index (χ3v) is 5.91. The van der Waals surface area contributed by atoms with Gasteiger partial charge >= 0.3 is 5.97 Å². The molecular weight excluding hydrogens is 352 g/mol. The topological polar surface area (TPSA) is 77.5 Å². The summed E-state index contributed by atoms with van der Waals surface area (Å²) in [6, 6.07) is 13.0. The molecule has 0 fully saturated rings. The number of rotatable bonds is 7. The summed E-state index contributed by atoms with van der Waals surface area (Å²) in [5.41, 5.74) is 1.48. The number of hydrogen-bond acceptors (Lipinski definition) is 5. The average molecular weight is 374 g/mol. The Bertz CT molecular complexity index is 898. The molecule has 0 N–H and O–H groups in total. The summed E-state index contributed by atoms with van der Waals surface area (Å²) in [6.07, 6.45) is -0.158. The zero-order valence-electron chi connectivity index (χ0n) is 15.1. The van der Waals surface area contributed by atoms with Crippen molar-refractivity contribution in [2.45, 2.75) is 38.2 Å². The number of sulfone groups is 1. The predicted molar refractivity (Wildman–Crippen MR) is 99.2 cm³/mol. The van der Waals surface area contributed by atoms with Gasteiger partial charge in [-0.25, -0.2) is 13.2 Å². The minimum Gasteiger partial charge on any atom is -0.451 e. The van der Waals surface area contributed by atoms with Crippen LogP contribution in [0.3, 0.4) is 0 Å². The van der Waals surface area contributed by atoms with Crippen molar-refractivity contribution in [3.8, 4) is 0 Å². The average Bonchev–Trinajstić information content (AvgIpc) is 2.67. The van der Waals surface area contributed by atoms with Crippen LogP contribution < -0.4 is 0 Å². The highest BCUT2D eigenvalue weighted by Crippen LogP contribution is 2.19. The van der Waals surface area contributed by atoms with Crippen LogP contribution in [0.2, 0.25) is 0 Å². The fourth-order valence-electron chi connectivity index (χ4n) is 2.48. The van der Waals surface area contributed by atoms with Gasteiger partial charge in [-0.3, -0.25) is 4.79 Å². The lowest BCUT2D eigenvalue weighted by molar-refractivity contribution is 0.0315. The largest absolute Gasteiger partial charge is 0.451 e. The van der Waals surface area contributed by atoms with Crippen molar-refractivity contribution >= 4 is 21.6 Å². The van der Waals surface area contributed by atoms with E-state index in [0.29, 0.717) is 5.56 Å². The van der Waals surface area contributed by atoms with E-state index < -0.39 is 21.9 Å². The van der Waals surface area contributed by atoms with Crippen LogP contribution in [0.5, 0.6) is 0 Å². The molecule has 0 spiro atoms. The minimum atomic E-state index is -3.58. The normalized spacial score (nSPS) is 12.4. The van der Waals surface area contributed by atoms with Gasteiger partial charge in [-0.1, -0.05) is 50.2 Å². The SMILES string of the molecule is CCc1ccc(C(=O)[C@@H](C)OC(=O)c2ccccc2S(=O)(=O)CC)cc1. The summed E-state index contributed by atoms with van der Waals surface area (Å²) < 4.78 is 29.5. The van der Waals surface area contributed by atoms with Crippen molar-refractivity contribution in [2.24, 2.45) is 0 Å². The molecule has 0 aromatic heterocycles. The maximum Gasteiger partial charge on any atom is 0.340 e. The fourth-order valence-corrected chi connectivity index (χ4v) is 3.56. The first kappa shape index (κ1) is 19.8. The summed E-state index contributed by atoms with van der Waals surface area (Å²) in [5, 5.41) is 0. The van der Waals surface area contributed by atoms with Crippen LogP contribution in [-0.4, -0.2) is 32.0 Å². The maximum absolute atomic E-state index is 12.5. The first-order valence-corrected chi connectivity index (χ1v) is 10.1. The fraction of sp³-hybridized carbons (Fsp3) is 0.300. The van der Waals surface area contributed by atoms with Crippen molar-refractivity contribution in [1.29, 1.82) is 0 Å². The van der Waals surface area contributed by atoms with Crippen LogP contribution >= 0.6 is 0 Å². The van der Waals surface area contributed by atoms with Crippen LogP contribution in [0, 0.1) is 0 Å². The second-order valence-electron chi connectivity index (χ2n) is 5.86. The summed E-state index contributed by atoms with van der Waals surface area (Å²) >= 11 is 0. The van der Waals surface area contributed by atoms with Crippen molar-refractivity contribution in [2.75, 3.05) is 5.75 Å². The molecule has 26 heavy (non-hydrogen) atoms. The summed E-state index contributed by atoms with van der Waals surface area (Å²) in [6.45, 7) is 5.00. The first-order valence-electron chi connectivity index (χ1n) is 8.46. The van der Waals surface area contributed by atoms with Crippen LogP contribution in [0.1, 0.15) is 47.1 Å². The molecule has 0 aliphatic rings. The van der Waals surface area contributed by atoms with Gasteiger partial charge in [0.15, 0.2) is 15.9 Å². The Kier molecular flexibility index (Phi) is 6.32. The molecule has 2 aromatic rings. The van der Waals surface area contributed by atoms with Crippen molar-refractivity contribution in [3.05, 3.63) is 65.2 Å². The lowest BCUT2D eigenvalue weighted by Gasteiger charge is -2.14. The van der Waals surface area contributed by atoms with Crippen LogP contribution in [0.15, 0.2) is 53.4 Å². The molecule has 1 atom stereocenters. The number of hydrogen-bond donors (Lipinski definition) is 0. The van der Waals surface area contributed by atoms with Crippen molar-refractivity contribution in [1.82, 2.24) is 0 Å². The Morgan fingerprint density at radius 3 is 2.19 bits per heavy atom. The number of ketones is 1.